The molecule has 0 atom stereocenters. The maximum absolute atomic E-state index is 12.1. The van der Waals surface area contributed by atoms with Crippen LogP contribution < -0.4 is 0 Å². The molecule has 1 nitrogen and oxygen atoms in total. The second kappa shape index (κ2) is 6.80. The Kier molecular flexibility index (Phi) is 5.08. The molecule has 0 unspecified atom stereocenters. The molecular formula is C16H20F2O. The molecule has 3 heteroatoms. The Balaban J connectivity index is 1.94. The van der Waals surface area contributed by atoms with E-state index in [1.54, 1.807) is 12.1 Å². The Hall–Kier alpha value is -1.22. The molecule has 0 radical (unpaired) electrons. The first-order valence-electron chi connectivity index (χ1n) is 6.93. The first kappa shape index (κ1) is 14.2. The fraction of sp³-hybridized carbons (Fsp3) is 0.500. The zero-order valence-electron chi connectivity index (χ0n) is 11.2. The molecule has 1 saturated carbocycles. The summed E-state index contributed by atoms with van der Waals surface area (Å²) in [4.78, 5) is 0. The number of hydrogen-bond acceptors (Lipinski definition) is 1. The Labute approximate surface area is 113 Å². The molecule has 0 spiro atoms. The van der Waals surface area contributed by atoms with Crippen LogP contribution in [0.3, 0.4) is 0 Å². The van der Waals surface area contributed by atoms with Gasteiger partial charge in [-0.3, -0.25) is 0 Å². The van der Waals surface area contributed by atoms with Gasteiger partial charge in [-0.2, -0.15) is 8.78 Å². The second-order valence-electron chi connectivity index (χ2n) is 5.03. The lowest BCUT2D eigenvalue weighted by atomic mass is 9.82. The minimum absolute atomic E-state index is 0.407. The number of benzene rings is 1. The molecule has 0 N–H and O–H groups in total. The molecule has 19 heavy (non-hydrogen) atoms. The van der Waals surface area contributed by atoms with Gasteiger partial charge in [0.2, 0.25) is 0 Å². The number of halogens is 2. The lowest BCUT2D eigenvalue weighted by Crippen LogP contribution is -2.20. The van der Waals surface area contributed by atoms with Gasteiger partial charge in [0.1, 0.15) is 0 Å². The van der Waals surface area contributed by atoms with E-state index in [4.69, 9.17) is 4.74 Å². The Bertz CT molecular complexity index is 413. The molecule has 0 aromatic heterocycles. The van der Waals surface area contributed by atoms with Crippen LogP contribution >= 0.6 is 0 Å². The SMILES string of the molecule is CCO[C@H]1CC[C@H](c2ccc(C=C(F)F)cc2)CC1. The van der Waals surface area contributed by atoms with Crippen molar-refractivity contribution in [1.29, 1.82) is 0 Å². The van der Waals surface area contributed by atoms with Crippen LogP contribution in [0.1, 0.15) is 49.7 Å². The molecule has 1 fully saturated rings. The van der Waals surface area contributed by atoms with E-state index < -0.39 is 6.08 Å². The zero-order valence-corrected chi connectivity index (χ0v) is 11.2. The van der Waals surface area contributed by atoms with E-state index in [0.717, 1.165) is 38.4 Å². The van der Waals surface area contributed by atoms with Crippen molar-refractivity contribution < 1.29 is 13.5 Å². The minimum Gasteiger partial charge on any atom is -0.379 e. The predicted molar refractivity (Wildman–Crippen MR) is 73.3 cm³/mol. The van der Waals surface area contributed by atoms with Gasteiger partial charge in [-0.05, 0) is 49.7 Å². The highest BCUT2D eigenvalue weighted by molar-refractivity contribution is 5.50. The van der Waals surface area contributed by atoms with Crippen molar-refractivity contribution in [2.24, 2.45) is 0 Å². The minimum atomic E-state index is -1.65. The molecular weight excluding hydrogens is 246 g/mol. The quantitative estimate of drug-likeness (QED) is 0.746. The fourth-order valence-corrected chi connectivity index (χ4v) is 2.79. The number of rotatable bonds is 4. The molecule has 2 rings (SSSR count). The average Bonchev–Trinajstić information content (AvgIpc) is 2.40. The molecule has 1 aromatic carbocycles. The Morgan fingerprint density at radius 1 is 1.16 bits per heavy atom. The van der Waals surface area contributed by atoms with E-state index in [1.165, 1.54) is 5.56 Å². The van der Waals surface area contributed by atoms with E-state index in [1.807, 2.05) is 19.1 Å². The molecule has 0 heterocycles. The van der Waals surface area contributed by atoms with Crippen LogP contribution in [0.2, 0.25) is 0 Å². The molecule has 0 bridgehead atoms. The van der Waals surface area contributed by atoms with Gasteiger partial charge in [0, 0.05) is 12.7 Å². The van der Waals surface area contributed by atoms with Crippen molar-refractivity contribution in [3.05, 3.63) is 41.5 Å². The summed E-state index contributed by atoms with van der Waals surface area (Å²) in [5.74, 6) is 0.546. The van der Waals surface area contributed by atoms with Crippen LogP contribution in [-0.2, 0) is 4.74 Å². The van der Waals surface area contributed by atoms with Crippen LogP contribution in [0, 0.1) is 0 Å². The first-order chi connectivity index (χ1) is 9.19. The number of hydrogen-bond donors (Lipinski definition) is 0. The molecule has 1 aliphatic rings. The van der Waals surface area contributed by atoms with Crippen molar-refractivity contribution in [2.45, 2.75) is 44.6 Å². The monoisotopic (exact) mass is 266 g/mol. The Morgan fingerprint density at radius 3 is 2.32 bits per heavy atom. The lowest BCUT2D eigenvalue weighted by molar-refractivity contribution is 0.0328. The topological polar surface area (TPSA) is 9.23 Å². The van der Waals surface area contributed by atoms with Gasteiger partial charge in [0.15, 0.2) is 0 Å². The summed E-state index contributed by atoms with van der Waals surface area (Å²) >= 11 is 0. The number of ether oxygens (including phenoxy) is 1. The van der Waals surface area contributed by atoms with E-state index in [0.29, 0.717) is 17.6 Å². The van der Waals surface area contributed by atoms with Gasteiger partial charge in [-0.1, -0.05) is 24.3 Å². The van der Waals surface area contributed by atoms with Gasteiger partial charge in [-0.15, -0.1) is 0 Å². The second-order valence-corrected chi connectivity index (χ2v) is 5.03. The predicted octanol–water partition coefficient (Wildman–Crippen LogP) is 4.99. The van der Waals surface area contributed by atoms with Crippen LogP contribution in [0.25, 0.3) is 6.08 Å². The highest BCUT2D eigenvalue weighted by Gasteiger charge is 2.22. The molecule has 1 aliphatic carbocycles. The van der Waals surface area contributed by atoms with Crippen LogP contribution in [0.5, 0.6) is 0 Å². The summed E-state index contributed by atoms with van der Waals surface area (Å²) in [5.41, 5.74) is 1.82. The summed E-state index contributed by atoms with van der Waals surface area (Å²) in [7, 11) is 0. The van der Waals surface area contributed by atoms with Crippen molar-refractivity contribution in [3.8, 4) is 0 Å². The Morgan fingerprint density at radius 2 is 1.79 bits per heavy atom. The molecule has 104 valence electrons. The van der Waals surface area contributed by atoms with E-state index >= 15 is 0 Å². The smallest absolute Gasteiger partial charge is 0.270 e. The summed E-state index contributed by atoms with van der Waals surface area (Å²) in [6.45, 7) is 2.81. The third-order valence-corrected chi connectivity index (χ3v) is 3.76. The largest absolute Gasteiger partial charge is 0.379 e. The molecule has 1 aromatic rings. The third kappa shape index (κ3) is 4.13. The molecule has 0 saturated heterocycles. The van der Waals surface area contributed by atoms with Crippen molar-refractivity contribution >= 4 is 6.08 Å². The van der Waals surface area contributed by atoms with E-state index in [9.17, 15) is 8.78 Å². The van der Waals surface area contributed by atoms with Gasteiger partial charge in [0.05, 0.1) is 6.10 Å². The van der Waals surface area contributed by atoms with Crippen molar-refractivity contribution in [3.63, 3.8) is 0 Å². The summed E-state index contributed by atoms with van der Waals surface area (Å²) in [6, 6.07) is 7.48. The normalized spacial score (nSPS) is 23.1. The van der Waals surface area contributed by atoms with Gasteiger partial charge in [0.25, 0.3) is 6.08 Å². The maximum atomic E-state index is 12.1. The van der Waals surface area contributed by atoms with E-state index in [2.05, 4.69) is 0 Å². The molecule has 0 amide bonds. The van der Waals surface area contributed by atoms with Crippen LogP contribution in [0.15, 0.2) is 30.3 Å². The summed E-state index contributed by atoms with van der Waals surface area (Å²) in [5, 5.41) is 0. The van der Waals surface area contributed by atoms with E-state index in [-0.39, 0.29) is 0 Å². The maximum Gasteiger partial charge on any atom is 0.270 e. The zero-order chi connectivity index (χ0) is 13.7. The van der Waals surface area contributed by atoms with Gasteiger partial charge >= 0.3 is 0 Å². The fourth-order valence-electron chi connectivity index (χ4n) is 2.79. The van der Waals surface area contributed by atoms with Gasteiger partial charge in [-0.25, -0.2) is 0 Å². The molecule has 0 aliphatic heterocycles. The highest BCUT2D eigenvalue weighted by Crippen LogP contribution is 2.34. The third-order valence-electron chi connectivity index (χ3n) is 3.76. The van der Waals surface area contributed by atoms with Crippen molar-refractivity contribution in [1.82, 2.24) is 0 Å². The standard InChI is InChI=1S/C16H20F2O/c1-2-19-15-9-7-14(8-10-15)13-5-3-12(4-6-13)11-16(17)18/h3-6,11,14-15H,2,7-10H2,1H3/t14-,15-. The first-order valence-corrected chi connectivity index (χ1v) is 6.93. The average molecular weight is 266 g/mol. The van der Waals surface area contributed by atoms with Crippen LogP contribution in [0.4, 0.5) is 8.78 Å². The lowest BCUT2D eigenvalue weighted by Gasteiger charge is -2.28. The highest BCUT2D eigenvalue weighted by atomic mass is 19.3. The van der Waals surface area contributed by atoms with Crippen molar-refractivity contribution in [2.75, 3.05) is 6.61 Å². The van der Waals surface area contributed by atoms with Gasteiger partial charge < -0.3 is 4.74 Å². The van der Waals surface area contributed by atoms with Crippen LogP contribution in [-0.4, -0.2) is 12.7 Å². The summed E-state index contributed by atoms with van der Waals surface area (Å²) < 4.78 is 29.9. The summed E-state index contributed by atoms with van der Waals surface area (Å²) in [6.07, 6.45) is 4.09.